The van der Waals surface area contributed by atoms with Gasteiger partial charge >= 0.3 is 5.69 Å². The number of thiophene rings is 1. The maximum absolute atomic E-state index is 12.8. The van der Waals surface area contributed by atoms with Crippen LogP contribution >= 0.6 is 11.3 Å². The third kappa shape index (κ3) is 4.77. The Morgan fingerprint density at radius 2 is 2.12 bits per heavy atom. The van der Waals surface area contributed by atoms with E-state index in [1.807, 2.05) is 42.5 Å². The lowest BCUT2D eigenvalue weighted by atomic mass is 10.0. The van der Waals surface area contributed by atoms with Crippen LogP contribution in [0.1, 0.15) is 27.0 Å². The maximum Gasteiger partial charge on any atom is 0.364 e. The number of amides is 1. The number of nitrogens with two attached hydrogens (primary N) is 1. The average molecular weight is 473 g/mol. The summed E-state index contributed by atoms with van der Waals surface area (Å²) in [6, 6.07) is 15.3. The molecule has 34 heavy (non-hydrogen) atoms. The van der Waals surface area contributed by atoms with Gasteiger partial charge in [-0.1, -0.05) is 12.1 Å². The molecule has 4 N–H and O–H groups in total. The molecule has 172 valence electrons. The van der Waals surface area contributed by atoms with Gasteiger partial charge in [-0.3, -0.25) is 9.78 Å². The molecule has 4 aromatic rings. The summed E-state index contributed by atoms with van der Waals surface area (Å²) in [7, 11) is 3.41. The lowest BCUT2D eigenvalue weighted by molar-refractivity contribution is 0.0954. The first-order valence-electron chi connectivity index (χ1n) is 10.8. The molecule has 2 heterocycles. The van der Waals surface area contributed by atoms with Gasteiger partial charge in [0.1, 0.15) is 10.6 Å². The van der Waals surface area contributed by atoms with Gasteiger partial charge in [0.2, 0.25) is 0 Å². The Bertz CT molecular complexity index is 1360. The number of hydrogen-bond donors (Lipinski definition) is 3. The van der Waals surface area contributed by atoms with Crippen molar-refractivity contribution in [2.45, 2.75) is 12.6 Å². The lowest BCUT2D eigenvalue weighted by Gasteiger charge is -2.12. The summed E-state index contributed by atoms with van der Waals surface area (Å²) in [5, 5.41) is 6.94. The Morgan fingerprint density at radius 1 is 1.26 bits per heavy atom. The number of methoxy groups -OCH3 is 1. The van der Waals surface area contributed by atoms with Gasteiger partial charge in [-0.2, -0.15) is 0 Å². The fourth-order valence-electron chi connectivity index (χ4n) is 3.79. The number of carbonyl (C=O) groups excluding carboxylic acids is 1. The van der Waals surface area contributed by atoms with Crippen LogP contribution in [0.25, 0.3) is 26.1 Å². The van der Waals surface area contributed by atoms with Crippen LogP contribution in [-0.4, -0.2) is 31.6 Å². The van der Waals surface area contributed by atoms with Gasteiger partial charge in [-0.15, -0.1) is 11.3 Å². The van der Waals surface area contributed by atoms with E-state index >= 15 is 0 Å². The van der Waals surface area contributed by atoms with E-state index in [0.29, 0.717) is 30.0 Å². The predicted molar refractivity (Wildman–Crippen MR) is 138 cm³/mol. The first-order chi connectivity index (χ1) is 16.5. The normalized spacial score (nSPS) is 11.7. The van der Waals surface area contributed by atoms with Crippen molar-refractivity contribution in [3.63, 3.8) is 0 Å². The zero-order chi connectivity index (χ0) is 24.1. The van der Waals surface area contributed by atoms with E-state index < -0.39 is 0 Å². The average Bonchev–Trinajstić information content (AvgIpc) is 3.26. The molecule has 8 heteroatoms. The minimum absolute atomic E-state index is 0.142. The second kappa shape index (κ2) is 10.4. The van der Waals surface area contributed by atoms with Crippen molar-refractivity contribution in [1.29, 1.82) is 0 Å². The Hall–Kier alpha value is -3.77. The minimum Gasteiger partial charge on any atom is -0.496 e. The Balaban J connectivity index is 1.62. The van der Waals surface area contributed by atoms with Gasteiger partial charge < -0.3 is 21.1 Å². The van der Waals surface area contributed by atoms with Gasteiger partial charge in [0.25, 0.3) is 12.5 Å². The smallest absolute Gasteiger partial charge is 0.364 e. The maximum atomic E-state index is 12.8. The molecule has 1 unspecified atom stereocenters. The molecule has 0 aliphatic carbocycles. The number of benzene rings is 2. The quantitative estimate of drug-likeness (QED) is 0.323. The summed E-state index contributed by atoms with van der Waals surface area (Å²) < 4.78 is 6.58. The molecule has 0 saturated carbocycles. The molecule has 0 radical (unpaired) electrons. The van der Waals surface area contributed by atoms with Crippen LogP contribution in [0.5, 0.6) is 5.75 Å². The molecule has 0 fully saturated rings. The van der Waals surface area contributed by atoms with Gasteiger partial charge in [-0.25, -0.2) is 0 Å². The first-order valence-corrected chi connectivity index (χ1v) is 11.6. The Morgan fingerprint density at radius 3 is 2.82 bits per heavy atom. The van der Waals surface area contributed by atoms with Crippen molar-refractivity contribution in [3.05, 3.63) is 81.8 Å². The second-order valence-electron chi connectivity index (χ2n) is 7.70. The van der Waals surface area contributed by atoms with Crippen LogP contribution in [0.2, 0.25) is 0 Å². The summed E-state index contributed by atoms with van der Waals surface area (Å²) in [6.45, 7) is 6.18. The van der Waals surface area contributed by atoms with Crippen molar-refractivity contribution in [2.75, 3.05) is 20.7 Å². The van der Waals surface area contributed by atoms with Crippen molar-refractivity contribution in [1.82, 2.24) is 15.6 Å². The van der Waals surface area contributed by atoms with E-state index in [2.05, 4.69) is 20.5 Å². The van der Waals surface area contributed by atoms with E-state index in [-0.39, 0.29) is 12.1 Å². The first kappa shape index (κ1) is 23.4. The zero-order valence-corrected chi connectivity index (χ0v) is 19.9. The molecule has 7 nitrogen and oxygen atoms in total. The zero-order valence-electron chi connectivity index (χ0n) is 19.0. The second-order valence-corrected chi connectivity index (χ2v) is 8.79. The Labute approximate surface area is 202 Å². The minimum atomic E-state index is -0.364. The summed E-state index contributed by atoms with van der Waals surface area (Å²) in [6.07, 6.45) is 3.88. The van der Waals surface area contributed by atoms with Gasteiger partial charge in [-0.05, 0) is 65.8 Å². The number of nitrogens with one attached hydrogen (secondary N) is 2. The number of nitrogens with zero attached hydrogens (tertiary/aromatic N) is 2. The summed E-state index contributed by atoms with van der Waals surface area (Å²) in [4.78, 5) is 21.7. The molecule has 0 spiro atoms. The molecule has 2 aromatic heterocycles. The number of rotatable bonds is 8. The number of carbonyl (C=O) groups is 1. The van der Waals surface area contributed by atoms with Crippen LogP contribution < -0.4 is 21.1 Å². The largest absolute Gasteiger partial charge is 0.496 e. The molecule has 2 aromatic carbocycles. The summed E-state index contributed by atoms with van der Waals surface area (Å²) in [5.74, 6) is 0.537. The number of fused-ring (bicyclic) bond motifs is 1. The van der Waals surface area contributed by atoms with Gasteiger partial charge in [0.15, 0.2) is 0 Å². The van der Waals surface area contributed by atoms with Crippen molar-refractivity contribution < 1.29 is 9.53 Å². The topological polar surface area (TPSA) is 93.6 Å². The van der Waals surface area contributed by atoms with Crippen molar-refractivity contribution in [3.8, 4) is 23.4 Å². The number of ether oxygens (including phenoxy) is 1. The third-order valence-corrected chi connectivity index (χ3v) is 6.83. The molecular weight excluding hydrogens is 446 g/mol. The third-order valence-electron chi connectivity index (χ3n) is 5.61. The fraction of sp³-hybridized carbons (Fsp3) is 0.192. The highest BCUT2D eigenvalue weighted by atomic mass is 32.1. The monoisotopic (exact) mass is 472 g/mol. The molecule has 0 aliphatic heterocycles. The predicted octanol–water partition coefficient (Wildman–Crippen LogP) is 4.72. The number of hydrogen-bond acceptors (Lipinski definition) is 6. The molecule has 1 atom stereocenters. The Kier molecular flexibility index (Phi) is 7.18. The lowest BCUT2D eigenvalue weighted by Crippen LogP contribution is -2.25. The molecule has 0 bridgehead atoms. The van der Waals surface area contributed by atoms with Crippen LogP contribution in [0.4, 0.5) is 5.69 Å². The fourth-order valence-corrected chi connectivity index (χ4v) is 4.99. The highest BCUT2D eigenvalue weighted by Gasteiger charge is 2.25. The van der Waals surface area contributed by atoms with Gasteiger partial charge in [0, 0.05) is 34.8 Å². The number of aromatic nitrogens is 1. The molecular formula is C26H26N5O2S+. The van der Waals surface area contributed by atoms with E-state index in [1.165, 1.54) is 11.3 Å². The van der Waals surface area contributed by atoms with Crippen LogP contribution in [0, 0.1) is 6.57 Å². The van der Waals surface area contributed by atoms with Crippen molar-refractivity contribution >= 4 is 33.0 Å². The molecule has 4 rings (SSSR count). The summed E-state index contributed by atoms with van der Waals surface area (Å²) >= 11 is 1.54. The highest BCUT2D eigenvalue weighted by Crippen LogP contribution is 2.43. The van der Waals surface area contributed by atoms with E-state index in [4.69, 9.17) is 17.0 Å². The van der Waals surface area contributed by atoms with Crippen molar-refractivity contribution in [2.24, 2.45) is 5.73 Å². The highest BCUT2D eigenvalue weighted by molar-refractivity contribution is 7.20. The van der Waals surface area contributed by atoms with Gasteiger partial charge in [0.05, 0.1) is 18.7 Å². The van der Waals surface area contributed by atoms with Crippen LogP contribution in [0.3, 0.4) is 0 Å². The van der Waals surface area contributed by atoms with E-state index in [9.17, 15) is 4.79 Å². The van der Waals surface area contributed by atoms with E-state index in [1.54, 1.807) is 32.6 Å². The number of pyridine rings is 1. The SMILES string of the molecule is C#[N+]c1c(C(N)NC)sc2cc(-c3cc(C(=O)NCCc4cccnc4)ccc3OC)ccc12. The van der Waals surface area contributed by atoms with E-state index in [0.717, 1.165) is 31.7 Å². The summed E-state index contributed by atoms with van der Waals surface area (Å²) in [5.41, 5.74) is 10.2. The standard InChI is InChI=1S/C26H25N5O2S/c1-28-23-19-8-6-17(14-22(19)34-24(23)25(27)29-2)20-13-18(7-9-21(20)33-3)26(32)31-12-10-16-5-4-11-30-15-16/h1,4-9,11,13-15,25,29H,10,12,27H2,2-3H3/p+1. The van der Waals surface area contributed by atoms with Crippen LogP contribution in [0.15, 0.2) is 60.9 Å². The van der Waals surface area contributed by atoms with Crippen LogP contribution in [-0.2, 0) is 6.42 Å². The molecule has 0 aliphatic rings. The molecule has 1 amide bonds. The molecule has 0 saturated heterocycles.